The molecule has 0 rings (SSSR count). The Morgan fingerprint density at radius 3 is 2.10 bits per heavy atom. The third-order valence-corrected chi connectivity index (χ3v) is 2.70. The lowest BCUT2D eigenvalue weighted by molar-refractivity contribution is -0.155. The fourth-order valence-electron chi connectivity index (χ4n) is 1.66. The maximum absolute atomic E-state index is 11.8. The number of ether oxygens (including phenoxy) is 1. The van der Waals surface area contributed by atoms with Crippen LogP contribution in [0.15, 0.2) is 0 Å². The second-order valence-corrected chi connectivity index (χ2v) is 5.64. The van der Waals surface area contributed by atoms with E-state index in [0.717, 1.165) is 0 Å². The van der Waals surface area contributed by atoms with E-state index in [0.29, 0.717) is 13.1 Å². The Balaban J connectivity index is 4.48. The molecule has 7 heteroatoms. The zero-order valence-corrected chi connectivity index (χ0v) is 13.4. The van der Waals surface area contributed by atoms with Gasteiger partial charge in [0, 0.05) is 19.5 Å². The lowest BCUT2D eigenvalue weighted by Crippen LogP contribution is -2.48. The first-order chi connectivity index (χ1) is 9.60. The summed E-state index contributed by atoms with van der Waals surface area (Å²) in [6.45, 7) is 9.80. The van der Waals surface area contributed by atoms with Crippen LogP contribution >= 0.6 is 0 Å². The molecule has 1 atom stereocenters. The summed E-state index contributed by atoms with van der Waals surface area (Å²) in [6.07, 6.45) is -0.0655. The molecule has 0 saturated heterocycles. The van der Waals surface area contributed by atoms with Gasteiger partial charge in [-0.05, 0) is 41.0 Å². The third kappa shape index (κ3) is 8.16. The van der Waals surface area contributed by atoms with Crippen LogP contribution in [0.5, 0.6) is 0 Å². The number of aliphatic carboxylic acids is 1. The van der Waals surface area contributed by atoms with E-state index in [-0.39, 0.29) is 12.8 Å². The average molecular weight is 302 g/mol. The third-order valence-electron chi connectivity index (χ3n) is 2.70. The summed E-state index contributed by atoms with van der Waals surface area (Å²) in [5.41, 5.74) is -0.611. The Labute approximate surface area is 125 Å². The molecule has 0 aliphatic heterocycles. The summed E-state index contributed by atoms with van der Waals surface area (Å²) >= 11 is 0. The topological polar surface area (TPSA) is 95.9 Å². The van der Waals surface area contributed by atoms with Crippen LogP contribution in [0.3, 0.4) is 0 Å². The van der Waals surface area contributed by atoms with Crippen LogP contribution in [0.25, 0.3) is 0 Å². The Bertz CT molecular complexity index is 372. The van der Waals surface area contributed by atoms with Crippen molar-refractivity contribution in [2.24, 2.45) is 0 Å². The number of nitrogens with zero attached hydrogens (tertiary/aromatic N) is 1. The molecule has 0 radical (unpaired) electrons. The Morgan fingerprint density at radius 2 is 1.71 bits per heavy atom. The number of nitrogens with one attached hydrogen (secondary N) is 1. The quantitative estimate of drug-likeness (QED) is 0.697. The van der Waals surface area contributed by atoms with Gasteiger partial charge >= 0.3 is 18.0 Å². The minimum Gasteiger partial charge on any atom is -0.480 e. The molecule has 122 valence electrons. The average Bonchev–Trinajstić information content (AvgIpc) is 2.33. The number of carbonyl (C=O) groups excluding carboxylic acids is 2. The highest BCUT2D eigenvalue weighted by Crippen LogP contribution is 2.10. The molecule has 2 amide bonds. The molecule has 0 aromatic carbocycles. The predicted molar refractivity (Wildman–Crippen MR) is 78.0 cm³/mol. The lowest BCUT2D eigenvalue weighted by atomic mass is 10.1. The van der Waals surface area contributed by atoms with Gasteiger partial charge in [0.05, 0.1) is 0 Å². The van der Waals surface area contributed by atoms with Crippen molar-refractivity contribution in [3.63, 3.8) is 0 Å². The lowest BCUT2D eigenvalue weighted by Gasteiger charge is -2.23. The van der Waals surface area contributed by atoms with Gasteiger partial charge < -0.3 is 20.1 Å². The van der Waals surface area contributed by atoms with Crippen LogP contribution in [0, 0.1) is 0 Å². The van der Waals surface area contributed by atoms with Crippen molar-refractivity contribution < 1.29 is 24.2 Å². The molecule has 2 N–H and O–H groups in total. The molecule has 0 bridgehead atoms. The fourth-order valence-corrected chi connectivity index (χ4v) is 1.66. The van der Waals surface area contributed by atoms with E-state index >= 15 is 0 Å². The Kier molecular flexibility index (Phi) is 7.76. The largest absolute Gasteiger partial charge is 0.480 e. The number of carboxylic acids is 1. The second-order valence-electron chi connectivity index (χ2n) is 5.64. The van der Waals surface area contributed by atoms with Gasteiger partial charge in [-0.2, -0.15) is 0 Å². The van der Waals surface area contributed by atoms with Crippen LogP contribution in [0.2, 0.25) is 0 Å². The van der Waals surface area contributed by atoms with Crippen molar-refractivity contribution in [3.8, 4) is 0 Å². The molecule has 0 saturated carbocycles. The highest BCUT2D eigenvalue weighted by atomic mass is 16.6. The van der Waals surface area contributed by atoms with E-state index in [1.165, 1.54) is 4.90 Å². The smallest absolute Gasteiger partial charge is 0.326 e. The number of rotatable bonds is 7. The maximum atomic E-state index is 11.8. The van der Waals surface area contributed by atoms with Crippen molar-refractivity contribution >= 4 is 18.0 Å². The van der Waals surface area contributed by atoms with Crippen LogP contribution in [-0.4, -0.2) is 52.7 Å². The highest BCUT2D eigenvalue weighted by Gasteiger charge is 2.24. The van der Waals surface area contributed by atoms with Crippen molar-refractivity contribution in [2.75, 3.05) is 13.1 Å². The summed E-state index contributed by atoms with van der Waals surface area (Å²) in [6, 6.07) is -1.55. The van der Waals surface area contributed by atoms with Crippen LogP contribution in [0.4, 0.5) is 4.79 Å². The molecular weight excluding hydrogens is 276 g/mol. The molecule has 21 heavy (non-hydrogen) atoms. The molecule has 0 aliphatic rings. The number of hydrogen-bond acceptors (Lipinski definition) is 4. The van der Waals surface area contributed by atoms with Crippen LogP contribution < -0.4 is 5.32 Å². The summed E-state index contributed by atoms with van der Waals surface area (Å²) in [4.78, 5) is 36.0. The predicted octanol–water partition coefficient (Wildman–Crippen LogP) is 1.61. The molecule has 0 spiro atoms. The van der Waals surface area contributed by atoms with Gasteiger partial charge in [0.1, 0.15) is 11.6 Å². The minimum atomic E-state index is -1.17. The van der Waals surface area contributed by atoms with E-state index in [9.17, 15) is 14.4 Å². The van der Waals surface area contributed by atoms with Gasteiger partial charge in [-0.25, -0.2) is 9.59 Å². The summed E-state index contributed by atoms with van der Waals surface area (Å²) in [5, 5.41) is 11.5. The van der Waals surface area contributed by atoms with Crippen molar-refractivity contribution in [1.82, 2.24) is 10.2 Å². The standard InChI is InChI=1S/C14H26N2O5/c1-6-16(7-2)13(20)15-10(12(18)19)8-9-11(17)21-14(3,4)5/h10H,6-9H2,1-5H3,(H,15,20)(H,18,19)/t10-/m1/s1. The van der Waals surface area contributed by atoms with Gasteiger partial charge in [-0.3, -0.25) is 4.79 Å². The number of hydrogen-bond donors (Lipinski definition) is 2. The number of carboxylic acid groups (broad SMARTS) is 1. The van der Waals surface area contributed by atoms with Gasteiger partial charge in [-0.1, -0.05) is 0 Å². The van der Waals surface area contributed by atoms with Crippen molar-refractivity contribution in [3.05, 3.63) is 0 Å². The van der Waals surface area contributed by atoms with E-state index in [2.05, 4.69) is 5.32 Å². The van der Waals surface area contributed by atoms with Gasteiger partial charge in [0.25, 0.3) is 0 Å². The summed E-state index contributed by atoms with van der Waals surface area (Å²) < 4.78 is 5.11. The summed E-state index contributed by atoms with van der Waals surface area (Å²) in [5.74, 6) is -1.65. The number of esters is 1. The number of carbonyl (C=O) groups is 3. The molecule has 0 fully saturated rings. The minimum absolute atomic E-state index is 0.00272. The molecule has 0 heterocycles. The highest BCUT2D eigenvalue weighted by molar-refractivity contribution is 5.83. The number of amides is 2. The van der Waals surface area contributed by atoms with Crippen molar-refractivity contribution in [1.29, 1.82) is 0 Å². The second kappa shape index (κ2) is 8.49. The normalized spacial score (nSPS) is 12.4. The zero-order valence-electron chi connectivity index (χ0n) is 13.4. The SMILES string of the molecule is CCN(CC)C(=O)N[C@H](CCC(=O)OC(C)(C)C)C(=O)O. The molecule has 0 aromatic heterocycles. The molecule has 7 nitrogen and oxygen atoms in total. The molecule has 0 aromatic rings. The van der Waals surface area contributed by atoms with E-state index in [1.54, 1.807) is 34.6 Å². The van der Waals surface area contributed by atoms with Gasteiger partial charge in [0.15, 0.2) is 0 Å². The van der Waals surface area contributed by atoms with Gasteiger partial charge in [0.2, 0.25) is 0 Å². The monoisotopic (exact) mass is 302 g/mol. The Morgan fingerprint density at radius 1 is 1.19 bits per heavy atom. The van der Waals surface area contributed by atoms with Crippen LogP contribution in [-0.2, 0) is 14.3 Å². The first-order valence-corrected chi connectivity index (χ1v) is 7.10. The van der Waals surface area contributed by atoms with Crippen LogP contribution in [0.1, 0.15) is 47.5 Å². The Hall–Kier alpha value is -1.79. The first-order valence-electron chi connectivity index (χ1n) is 7.10. The maximum Gasteiger partial charge on any atom is 0.326 e. The van der Waals surface area contributed by atoms with E-state index < -0.39 is 29.6 Å². The molecule has 0 unspecified atom stereocenters. The summed E-state index contributed by atoms with van der Waals surface area (Å²) in [7, 11) is 0. The first kappa shape index (κ1) is 19.2. The van der Waals surface area contributed by atoms with E-state index in [4.69, 9.17) is 9.84 Å². The van der Waals surface area contributed by atoms with E-state index in [1.807, 2.05) is 0 Å². The van der Waals surface area contributed by atoms with Crippen molar-refractivity contribution in [2.45, 2.75) is 59.1 Å². The number of urea groups is 1. The van der Waals surface area contributed by atoms with Gasteiger partial charge in [-0.15, -0.1) is 0 Å². The zero-order chi connectivity index (χ0) is 16.6. The molecule has 0 aliphatic carbocycles. The molecular formula is C14H26N2O5. The fraction of sp³-hybridized carbons (Fsp3) is 0.786.